The fraction of sp³-hybridized carbons (Fsp3) is 0.515. The molecule has 0 spiro atoms. The van der Waals surface area contributed by atoms with Gasteiger partial charge in [0.2, 0.25) is 0 Å². The molecule has 0 fully saturated rings. The summed E-state index contributed by atoms with van der Waals surface area (Å²) < 4.78 is 4.43. The molecule has 6 rings (SSSR count). The van der Waals surface area contributed by atoms with E-state index >= 15 is 0 Å². The summed E-state index contributed by atoms with van der Waals surface area (Å²) in [5.41, 5.74) is 6.02. The fourth-order valence-corrected chi connectivity index (χ4v) is 9.77. The van der Waals surface area contributed by atoms with Crippen LogP contribution in [0.15, 0.2) is 177 Å². The van der Waals surface area contributed by atoms with Gasteiger partial charge < -0.3 is 48.7 Å². The number of hydrogen-bond donors (Lipinski definition) is 0. The molecule has 0 N–H and O–H groups in total. The summed E-state index contributed by atoms with van der Waals surface area (Å²) in [7, 11) is 12.2. The van der Waals surface area contributed by atoms with Crippen LogP contribution >= 0.6 is 31.9 Å². The summed E-state index contributed by atoms with van der Waals surface area (Å²) in [5, 5.41) is 28.5. The molecular formula is C68H102Br4N12. The van der Waals surface area contributed by atoms with Gasteiger partial charge in [-0.25, -0.2) is 14.1 Å². The predicted molar refractivity (Wildman–Crippen MR) is 357 cm³/mol. The molecule has 0 bridgehead atoms. The second kappa shape index (κ2) is 50.4. The van der Waals surface area contributed by atoms with Crippen molar-refractivity contribution in [1.29, 1.82) is 0 Å². The largest absolute Gasteiger partial charge is 1.00 e. The van der Waals surface area contributed by atoms with Crippen molar-refractivity contribution in [3.05, 3.63) is 146 Å². The summed E-state index contributed by atoms with van der Waals surface area (Å²) in [4.78, 5) is 10.3. The van der Waals surface area contributed by atoms with Gasteiger partial charge in [0, 0.05) is 88.3 Å². The molecule has 0 radical (unpaired) electrons. The molecule has 84 heavy (non-hydrogen) atoms. The fourth-order valence-electron chi connectivity index (χ4n) is 8.98. The number of nitrogens with zero attached hydrogens (tertiary/aromatic N) is 12. The Kier molecular flexibility index (Phi) is 46.3. The van der Waals surface area contributed by atoms with Gasteiger partial charge in [-0.05, 0) is 146 Å². The summed E-state index contributed by atoms with van der Waals surface area (Å²) in [6.45, 7) is 1.96. The van der Waals surface area contributed by atoms with Crippen molar-refractivity contribution in [3.63, 3.8) is 0 Å². The van der Waals surface area contributed by atoms with Gasteiger partial charge in [-0.1, -0.05) is 173 Å². The Bertz CT molecular complexity index is 2450. The molecule has 6 aromatic rings. The number of halogens is 4. The van der Waals surface area contributed by atoms with Crippen molar-refractivity contribution in [2.75, 3.05) is 67.6 Å². The number of benzene rings is 3. The molecule has 0 atom stereocenters. The van der Waals surface area contributed by atoms with E-state index in [0.29, 0.717) is 5.82 Å². The quantitative estimate of drug-likeness (QED) is 0.0168. The molecule has 462 valence electrons. The van der Waals surface area contributed by atoms with Crippen molar-refractivity contribution in [1.82, 2.24) is 4.98 Å². The molecule has 16 heteroatoms. The number of rotatable bonds is 37. The number of aryl methyl sites for hydroxylation is 2. The Morgan fingerprint density at radius 3 is 0.905 bits per heavy atom. The summed E-state index contributed by atoms with van der Waals surface area (Å²) >= 11 is 6.95. The van der Waals surface area contributed by atoms with Crippen LogP contribution in [0, 0.1) is 0 Å². The second-order valence-electron chi connectivity index (χ2n) is 21.4. The topological polar surface area (TPSA) is 105 Å². The molecule has 0 amide bonds. The van der Waals surface area contributed by atoms with Gasteiger partial charge in [0.1, 0.15) is 11.4 Å². The van der Waals surface area contributed by atoms with Crippen molar-refractivity contribution < 1.29 is 43.1 Å². The molecule has 0 unspecified atom stereocenters. The third-order valence-corrected chi connectivity index (χ3v) is 15.1. The first-order valence-electron chi connectivity index (χ1n) is 30.2. The van der Waals surface area contributed by atoms with Crippen LogP contribution in [0.25, 0.3) is 0 Å². The lowest BCUT2D eigenvalue weighted by molar-refractivity contribution is -0.685. The zero-order valence-electron chi connectivity index (χ0n) is 51.0. The van der Waals surface area contributed by atoms with Gasteiger partial charge in [-0.3, -0.25) is 0 Å². The van der Waals surface area contributed by atoms with E-state index in [1.165, 1.54) is 165 Å². The Balaban J connectivity index is 0.000000800. The van der Waals surface area contributed by atoms with E-state index in [1.54, 1.807) is 6.20 Å². The normalized spacial score (nSPS) is 10.8. The first-order chi connectivity index (χ1) is 39.7. The molecule has 0 saturated heterocycles. The van der Waals surface area contributed by atoms with E-state index < -0.39 is 0 Å². The minimum atomic E-state index is 0. The van der Waals surface area contributed by atoms with Gasteiger partial charge in [-0.15, -0.1) is 10.2 Å². The van der Waals surface area contributed by atoms with Crippen LogP contribution < -0.4 is 57.8 Å². The van der Waals surface area contributed by atoms with Crippen LogP contribution in [0.2, 0.25) is 0 Å². The van der Waals surface area contributed by atoms with Gasteiger partial charge in [0.05, 0.1) is 41.4 Å². The van der Waals surface area contributed by atoms with Gasteiger partial charge in [0.15, 0.2) is 5.82 Å². The first kappa shape index (κ1) is 77.2. The summed E-state index contributed by atoms with van der Waals surface area (Å²) in [6.07, 6.45) is 38.7. The van der Waals surface area contributed by atoms with Crippen LogP contribution in [0.4, 0.5) is 51.6 Å². The highest BCUT2D eigenvalue weighted by Crippen LogP contribution is 2.24. The zero-order chi connectivity index (χ0) is 57.8. The molecular weight excluding hydrogens is 1300 g/mol. The number of pyridine rings is 3. The van der Waals surface area contributed by atoms with Gasteiger partial charge >= 0.3 is 11.6 Å². The maximum absolute atomic E-state index is 4.54. The molecule has 3 aromatic carbocycles. The maximum atomic E-state index is 4.54. The number of hydrogen-bond acceptors (Lipinski definition) is 10. The van der Waals surface area contributed by atoms with Gasteiger partial charge in [0.25, 0.3) is 0 Å². The molecule has 0 aliphatic carbocycles. The molecule has 0 saturated carbocycles. The smallest absolute Gasteiger partial charge is 0.350 e. The van der Waals surface area contributed by atoms with E-state index in [2.05, 4.69) is 135 Å². The van der Waals surface area contributed by atoms with Gasteiger partial charge in [-0.2, -0.15) is 0 Å². The van der Waals surface area contributed by atoms with Crippen molar-refractivity contribution in [3.8, 4) is 0 Å². The Morgan fingerprint density at radius 1 is 0.333 bits per heavy atom. The van der Waals surface area contributed by atoms with Crippen LogP contribution in [0.3, 0.4) is 0 Å². The van der Waals surface area contributed by atoms with E-state index in [4.69, 9.17) is 0 Å². The highest BCUT2D eigenvalue weighted by Gasteiger charge is 2.11. The van der Waals surface area contributed by atoms with Crippen molar-refractivity contribution in [2.24, 2.45) is 30.7 Å². The summed E-state index contributed by atoms with van der Waals surface area (Å²) in [6, 6.07) is 42.0. The Hall–Kier alpha value is -4.77. The third-order valence-electron chi connectivity index (χ3n) is 14.0. The van der Waals surface area contributed by atoms with Crippen molar-refractivity contribution in [2.45, 2.75) is 175 Å². The highest BCUT2D eigenvalue weighted by atomic mass is 79.9. The van der Waals surface area contributed by atoms with E-state index in [1.807, 2.05) is 138 Å². The summed E-state index contributed by atoms with van der Waals surface area (Å²) in [5.74, 6) is 2.42. The number of aromatic nitrogens is 3. The first-order valence-corrected chi connectivity index (χ1v) is 32.5. The Labute approximate surface area is 546 Å². The van der Waals surface area contributed by atoms with Crippen LogP contribution in [0.5, 0.6) is 0 Å². The van der Waals surface area contributed by atoms with Crippen LogP contribution in [-0.4, -0.2) is 57.9 Å². The lowest BCUT2D eigenvalue weighted by Crippen LogP contribution is -3.00. The molecule has 0 aliphatic heterocycles. The average molecular weight is 1410 g/mol. The maximum Gasteiger partial charge on any atom is 0.350 e. The number of azo groups is 3. The number of anilines is 3. The zero-order valence-corrected chi connectivity index (χ0v) is 57.4. The second-order valence-corrected chi connectivity index (χ2v) is 23.0. The predicted octanol–water partition coefficient (Wildman–Crippen LogP) is 15.3. The third kappa shape index (κ3) is 35.6. The lowest BCUT2D eigenvalue weighted by Gasteiger charge is -2.11. The minimum absolute atomic E-state index is 0. The van der Waals surface area contributed by atoms with Crippen LogP contribution in [-0.2, 0) is 13.1 Å². The monoisotopic (exact) mass is 1400 g/mol. The highest BCUT2D eigenvalue weighted by molar-refractivity contribution is 9.09. The van der Waals surface area contributed by atoms with E-state index in [-0.39, 0.29) is 41.4 Å². The molecule has 3 heterocycles. The minimum Gasteiger partial charge on any atom is -1.00 e. The SMILES string of the molecule is BrCCCCCCCCCCCCCCBr.C.CN(C)c1ccc(N=Nc2cccc[n+]2CCCCCCCCCCCCCC[n+]2ccccc2N=Nc2ccc(N(C)C)cc2)cc1.CN(C)c1ccc(N=Nc2ccccn2)cc1.[Br-].[Br-]. The lowest BCUT2D eigenvalue weighted by atomic mass is 10.1. The average Bonchev–Trinajstić information content (AvgIpc) is 3.54. The Morgan fingerprint density at radius 2 is 0.619 bits per heavy atom. The van der Waals surface area contributed by atoms with Crippen LogP contribution in [0.1, 0.15) is 162 Å². The number of alkyl halides is 2. The van der Waals surface area contributed by atoms with Crippen molar-refractivity contribution >= 4 is 83.4 Å². The molecule has 0 aliphatic rings. The van der Waals surface area contributed by atoms with E-state index in [9.17, 15) is 0 Å². The number of unbranched alkanes of at least 4 members (excludes halogenated alkanes) is 22. The standard InChI is InChI=1S/C40H56N8.C14H28Br2.C13H14N4.CH4.2BrH/c1-45(2)37-27-23-35(24-28-37)41-43-39-21-15-19-33-47(39)31-17-13-11-9-7-5-6-8-10-12-14-18-32-48-34-20-16-22-40(48)44-42-36-25-29-38(30-26-36)46(3)4;15-13-11-9-7-5-3-1-2-4-6-8-10-12-14-16;1-17(2)12-8-6-11(7-9-12)15-16-13-5-3-4-10-14-13;;;/h15-16,19-30,33-34H,5-14,17-18,31-32H2,1-4H3;1-14H2;3-10H,1-2H3;1H4;2*1H/q+2;;;;;/p-2. The molecule has 3 aromatic heterocycles. The van der Waals surface area contributed by atoms with E-state index in [0.717, 1.165) is 58.8 Å². The molecule has 12 nitrogen and oxygen atoms in total.